The Morgan fingerprint density at radius 2 is 1.86 bits per heavy atom. The molecule has 0 unspecified atom stereocenters. The average Bonchev–Trinajstić information content (AvgIpc) is 1.94. The van der Waals surface area contributed by atoms with E-state index in [1.165, 1.54) is 18.4 Å². The second kappa shape index (κ2) is 8.85. The Kier molecular flexibility index (Phi) is 10.7. The number of unbranched alkanes of at least 4 members (excludes halogenated alkanes) is 2. The number of allylic oxidation sites excluding steroid dienone is 3. The monoisotopic (exact) mass is 284 g/mol. The van der Waals surface area contributed by atoms with Gasteiger partial charge in [-0.3, -0.25) is 0 Å². The van der Waals surface area contributed by atoms with E-state index in [0.29, 0.717) is 0 Å². The summed E-state index contributed by atoms with van der Waals surface area (Å²) in [7, 11) is -1.15. The molecule has 0 aliphatic rings. The van der Waals surface area contributed by atoms with Crippen LogP contribution in [0.3, 0.4) is 0 Å². The third-order valence-electron chi connectivity index (χ3n) is 1.57. The molecule has 0 heterocycles. The van der Waals surface area contributed by atoms with E-state index in [-0.39, 0.29) is 26.2 Å². The summed E-state index contributed by atoms with van der Waals surface area (Å²) in [5, 5.41) is 0. The molecule has 0 atom stereocenters. The molecule has 0 N–H and O–H groups in total. The van der Waals surface area contributed by atoms with E-state index in [4.69, 9.17) is 0 Å². The van der Waals surface area contributed by atoms with E-state index >= 15 is 0 Å². The first-order valence-corrected chi connectivity index (χ1v) is 8.64. The molecule has 0 bridgehead atoms. The van der Waals surface area contributed by atoms with Gasteiger partial charge in [0.1, 0.15) is 0 Å². The molecule has 0 aliphatic heterocycles. The van der Waals surface area contributed by atoms with E-state index in [0.717, 1.165) is 6.42 Å². The molecule has 0 fully saturated rings. The van der Waals surface area contributed by atoms with Crippen LogP contribution in [0.4, 0.5) is 0 Å². The quantitative estimate of drug-likeness (QED) is 0.308. The summed E-state index contributed by atoms with van der Waals surface area (Å²) in [5.41, 5.74) is 4.79. The van der Waals surface area contributed by atoms with Gasteiger partial charge >= 0.3 is 26.2 Å². The fourth-order valence-electron chi connectivity index (χ4n) is 1.13. The van der Waals surface area contributed by atoms with Crippen LogP contribution in [0.15, 0.2) is 11.6 Å². The molecule has 0 amide bonds. The summed E-state index contributed by atoms with van der Waals surface area (Å²) in [6.07, 6.45) is 8.98. The maximum Gasteiger partial charge on any atom is 2.00 e. The van der Waals surface area contributed by atoms with E-state index in [9.17, 15) is 0 Å². The van der Waals surface area contributed by atoms with Crippen LogP contribution in [0.5, 0.6) is 0 Å². The maximum atomic E-state index is 3.53. The third-order valence-corrected chi connectivity index (χ3v) is 2.71. The standard InChI is InChI=1S/C12H22Si.Zr/c1-6-7-8-9-10-12(2)11-13(3,4)5;/h10H,6-8H2,1-5H3;/q-2;+2. The van der Waals surface area contributed by atoms with Crippen molar-refractivity contribution in [3.05, 3.63) is 23.4 Å². The van der Waals surface area contributed by atoms with Gasteiger partial charge in [0.15, 0.2) is 0 Å². The van der Waals surface area contributed by atoms with Crippen molar-refractivity contribution in [1.82, 2.24) is 0 Å². The minimum atomic E-state index is -1.15. The Balaban J connectivity index is 0. The molecule has 0 saturated heterocycles. The zero-order chi connectivity index (χ0) is 10.3. The predicted molar refractivity (Wildman–Crippen MR) is 63.1 cm³/mol. The molecule has 0 nitrogen and oxygen atoms in total. The first-order chi connectivity index (χ1) is 5.95. The van der Waals surface area contributed by atoms with Gasteiger partial charge in [-0.25, -0.2) is 0 Å². The zero-order valence-electron chi connectivity index (χ0n) is 10.2. The van der Waals surface area contributed by atoms with Crippen molar-refractivity contribution < 1.29 is 26.2 Å². The summed E-state index contributed by atoms with van der Waals surface area (Å²) < 4.78 is 0. The molecule has 0 saturated carbocycles. The molecule has 0 rings (SSSR count). The molecule has 0 aromatic carbocycles. The first-order valence-electron chi connectivity index (χ1n) is 5.14. The SMILES string of the molecule is CCCC[C-]=CC(C)=[C-][Si](C)(C)C.[Zr+2]. The van der Waals surface area contributed by atoms with Crippen molar-refractivity contribution in [2.24, 2.45) is 0 Å². The Bertz CT molecular complexity index is 187. The van der Waals surface area contributed by atoms with Crippen LogP contribution >= 0.6 is 0 Å². The molecule has 2 heteroatoms. The van der Waals surface area contributed by atoms with Crippen LogP contribution in [-0.2, 0) is 26.2 Å². The van der Waals surface area contributed by atoms with E-state index < -0.39 is 8.07 Å². The molecule has 78 valence electrons. The minimum Gasteiger partial charge on any atom is -0.388 e. The predicted octanol–water partition coefficient (Wildman–Crippen LogP) is 4.16. The molecular weight excluding hydrogens is 263 g/mol. The summed E-state index contributed by atoms with van der Waals surface area (Å²) in [5.74, 6) is 0. The summed E-state index contributed by atoms with van der Waals surface area (Å²) in [6, 6.07) is 0. The second-order valence-electron chi connectivity index (χ2n) is 4.51. The van der Waals surface area contributed by atoms with E-state index in [1.54, 1.807) is 0 Å². The molecule has 0 aliphatic carbocycles. The van der Waals surface area contributed by atoms with Crippen LogP contribution in [0.1, 0.15) is 33.1 Å². The minimum absolute atomic E-state index is 0. The Morgan fingerprint density at radius 1 is 1.29 bits per heavy atom. The fraction of sp³-hybridized carbons (Fsp3) is 0.667. The van der Waals surface area contributed by atoms with Gasteiger partial charge in [0, 0.05) is 0 Å². The first kappa shape index (κ1) is 17.0. The van der Waals surface area contributed by atoms with Gasteiger partial charge in [-0.05, 0) is 8.07 Å². The normalized spacial score (nSPS) is 13.1. The molecule has 0 aromatic rings. The van der Waals surface area contributed by atoms with Gasteiger partial charge in [-0.15, -0.1) is 13.3 Å². The Hall–Kier alpha value is 0.580. The van der Waals surface area contributed by atoms with Crippen molar-refractivity contribution in [3.63, 3.8) is 0 Å². The number of rotatable bonds is 5. The van der Waals surface area contributed by atoms with Crippen molar-refractivity contribution >= 4 is 8.07 Å². The van der Waals surface area contributed by atoms with Crippen LogP contribution in [0.2, 0.25) is 19.6 Å². The van der Waals surface area contributed by atoms with E-state index in [1.807, 2.05) is 0 Å². The maximum absolute atomic E-state index is 3.53. The Labute approximate surface area is 110 Å². The van der Waals surface area contributed by atoms with Gasteiger partial charge in [-0.1, -0.05) is 39.4 Å². The number of hydrogen-bond acceptors (Lipinski definition) is 0. The van der Waals surface area contributed by atoms with Crippen LogP contribution in [0, 0.1) is 11.8 Å². The summed E-state index contributed by atoms with van der Waals surface area (Å²) in [6.45, 7) is 11.2. The van der Waals surface area contributed by atoms with Crippen molar-refractivity contribution in [2.75, 3.05) is 0 Å². The van der Waals surface area contributed by atoms with Gasteiger partial charge in [0.05, 0.1) is 0 Å². The summed E-state index contributed by atoms with van der Waals surface area (Å²) >= 11 is 0. The zero-order valence-corrected chi connectivity index (χ0v) is 13.7. The topological polar surface area (TPSA) is 0 Å². The van der Waals surface area contributed by atoms with Crippen LogP contribution < -0.4 is 0 Å². The molecule has 14 heavy (non-hydrogen) atoms. The van der Waals surface area contributed by atoms with Gasteiger partial charge in [-0.2, -0.15) is 0 Å². The molecular formula is C12H22SiZr. The average molecular weight is 286 g/mol. The molecule has 0 spiro atoms. The van der Waals surface area contributed by atoms with Crippen LogP contribution in [-0.4, -0.2) is 8.07 Å². The van der Waals surface area contributed by atoms with Crippen molar-refractivity contribution in [2.45, 2.75) is 52.8 Å². The molecule has 0 radical (unpaired) electrons. The van der Waals surface area contributed by atoms with Crippen molar-refractivity contribution in [1.29, 1.82) is 0 Å². The third kappa shape index (κ3) is 12.6. The van der Waals surface area contributed by atoms with Gasteiger partial charge in [0.25, 0.3) is 0 Å². The summed E-state index contributed by atoms with van der Waals surface area (Å²) in [4.78, 5) is 0. The van der Waals surface area contributed by atoms with Gasteiger partial charge in [0.2, 0.25) is 0 Å². The largest absolute Gasteiger partial charge is 2.00 e. The van der Waals surface area contributed by atoms with Gasteiger partial charge < -0.3 is 23.4 Å². The second-order valence-corrected chi connectivity index (χ2v) is 9.26. The van der Waals surface area contributed by atoms with Crippen LogP contribution in [0.25, 0.3) is 0 Å². The smallest absolute Gasteiger partial charge is 0.388 e. The molecule has 0 aromatic heterocycles. The fourth-order valence-corrected chi connectivity index (χ4v) is 2.39. The van der Waals surface area contributed by atoms with E-state index in [2.05, 4.69) is 51.3 Å². The van der Waals surface area contributed by atoms with Crippen molar-refractivity contribution in [3.8, 4) is 0 Å². The number of hydrogen-bond donors (Lipinski definition) is 0. The Morgan fingerprint density at radius 3 is 2.29 bits per heavy atom.